The second kappa shape index (κ2) is 7.12. The molecule has 0 fully saturated rings. The molecule has 21 heavy (non-hydrogen) atoms. The first kappa shape index (κ1) is 17.8. The van der Waals surface area contributed by atoms with Gasteiger partial charge in [-0.05, 0) is 34.3 Å². The zero-order chi connectivity index (χ0) is 16.2. The van der Waals surface area contributed by atoms with Crippen LogP contribution in [0.4, 0.5) is 0 Å². The van der Waals surface area contributed by atoms with Crippen LogP contribution in [0.3, 0.4) is 0 Å². The van der Waals surface area contributed by atoms with Crippen LogP contribution in [-0.4, -0.2) is 26.1 Å². The monoisotopic (exact) mass is 307 g/mol. The topological polar surface area (TPSA) is 42.1 Å². The van der Waals surface area contributed by atoms with Crippen molar-refractivity contribution >= 4 is 25.4 Å². The molecule has 1 aromatic heterocycles. The molecular weight excluding hydrogens is 278 g/mol. The Kier molecular flexibility index (Phi) is 6.02. The van der Waals surface area contributed by atoms with Crippen molar-refractivity contribution in [1.82, 2.24) is 4.98 Å². The number of aromatic amines is 1. The van der Waals surface area contributed by atoms with Crippen molar-refractivity contribution in [2.75, 3.05) is 7.11 Å². The van der Waals surface area contributed by atoms with Crippen LogP contribution in [-0.2, 0) is 9.53 Å². The molecule has 0 amide bonds. The van der Waals surface area contributed by atoms with Crippen LogP contribution in [0.1, 0.15) is 47.1 Å². The van der Waals surface area contributed by atoms with Gasteiger partial charge in [0.05, 0.1) is 7.11 Å². The Labute approximate surface area is 129 Å². The highest BCUT2D eigenvalue weighted by atomic mass is 28.3. The zero-order valence-corrected chi connectivity index (χ0v) is 15.4. The molecule has 1 heterocycles. The van der Waals surface area contributed by atoms with Gasteiger partial charge in [0.1, 0.15) is 8.07 Å². The Morgan fingerprint density at radius 2 is 1.67 bits per heavy atom. The van der Waals surface area contributed by atoms with E-state index < -0.39 is 8.07 Å². The molecule has 0 unspecified atom stereocenters. The molecular formula is C17H29NO2Si. The third-order valence-corrected chi connectivity index (χ3v) is 11.7. The number of hydrogen-bond acceptors (Lipinski definition) is 2. The summed E-state index contributed by atoms with van der Waals surface area (Å²) in [7, 11) is -0.334. The summed E-state index contributed by atoms with van der Waals surface area (Å²) in [5, 5.41) is 1.35. The molecule has 3 nitrogen and oxygen atoms in total. The fourth-order valence-corrected chi connectivity index (χ4v) is 10.7. The molecule has 0 aliphatic carbocycles. The number of nitrogens with one attached hydrogen (secondary N) is 1. The first-order valence-electron chi connectivity index (χ1n) is 7.72. The van der Waals surface area contributed by atoms with E-state index in [1.165, 1.54) is 18.5 Å². The number of rotatable bonds is 6. The summed E-state index contributed by atoms with van der Waals surface area (Å²) in [5.41, 5.74) is 3.01. The Morgan fingerprint density at radius 1 is 1.14 bits per heavy atom. The van der Waals surface area contributed by atoms with Crippen molar-refractivity contribution in [2.45, 2.75) is 58.2 Å². The van der Waals surface area contributed by atoms with E-state index in [0.717, 1.165) is 5.56 Å². The third-order valence-electron chi connectivity index (χ3n) is 4.68. The SMILES string of the molecule is COC(=O)C=Cc1cc[nH]c1[Si](C(C)C)(C(C)C)C(C)C. The van der Waals surface area contributed by atoms with Crippen LogP contribution in [0.15, 0.2) is 18.3 Å². The van der Waals surface area contributed by atoms with Crippen molar-refractivity contribution in [3.05, 3.63) is 23.9 Å². The van der Waals surface area contributed by atoms with Crippen LogP contribution >= 0.6 is 0 Å². The molecule has 0 radical (unpaired) electrons. The maximum absolute atomic E-state index is 11.4. The standard InChI is InChI=1S/C17H29NO2Si/c1-12(2)21(13(3)4,14(5)6)17-15(10-11-18-17)8-9-16(19)20-7/h8-14,18H,1-7H3. The minimum atomic E-state index is -1.74. The lowest BCUT2D eigenvalue weighted by molar-refractivity contribution is -0.134. The summed E-state index contributed by atoms with van der Waals surface area (Å²) in [6, 6.07) is 2.06. The summed E-state index contributed by atoms with van der Waals surface area (Å²) in [6.45, 7) is 14.0. The molecule has 0 aliphatic heterocycles. The average Bonchev–Trinajstić information content (AvgIpc) is 2.84. The van der Waals surface area contributed by atoms with E-state index >= 15 is 0 Å². The summed E-state index contributed by atoms with van der Waals surface area (Å²) < 4.78 is 4.69. The first-order valence-corrected chi connectivity index (χ1v) is 9.95. The molecule has 1 N–H and O–H groups in total. The highest BCUT2D eigenvalue weighted by Crippen LogP contribution is 2.41. The average molecular weight is 308 g/mol. The van der Waals surface area contributed by atoms with E-state index in [1.807, 2.05) is 12.3 Å². The van der Waals surface area contributed by atoms with Gasteiger partial charge < -0.3 is 9.72 Å². The van der Waals surface area contributed by atoms with Gasteiger partial charge in [-0.2, -0.15) is 0 Å². The first-order chi connectivity index (χ1) is 9.78. The van der Waals surface area contributed by atoms with Gasteiger partial charge in [-0.3, -0.25) is 0 Å². The second-order valence-electron chi connectivity index (χ2n) is 6.56. The third kappa shape index (κ3) is 3.31. The van der Waals surface area contributed by atoms with Crippen LogP contribution in [0.2, 0.25) is 16.6 Å². The van der Waals surface area contributed by atoms with Crippen LogP contribution in [0.25, 0.3) is 6.08 Å². The van der Waals surface area contributed by atoms with Crippen molar-refractivity contribution < 1.29 is 9.53 Å². The lowest BCUT2D eigenvalue weighted by atomic mass is 10.3. The summed E-state index contributed by atoms with van der Waals surface area (Å²) in [4.78, 5) is 14.9. The van der Waals surface area contributed by atoms with Gasteiger partial charge in [0.25, 0.3) is 0 Å². The van der Waals surface area contributed by atoms with Crippen LogP contribution in [0.5, 0.6) is 0 Å². The predicted molar refractivity (Wildman–Crippen MR) is 92.5 cm³/mol. The number of H-pyrrole nitrogens is 1. The van der Waals surface area contributed by atoms with Crippen LogP contribution in [0, 0.1) is 0 Å². The Balaban J connectivity index is 3.38. The van der Waals surface area contributed by atoms with Gasteiger partial charge >= 0.3 is 5.97 Å². The molecule has 4 heteroatoms. The fraction of sp³-hybridized carbons (Fsp3) is 0.588. The second-order valence-corrected chi connectivity index (χ2v) is 12.4. The summed E-state index contributed by atoms with van der Waals surface area (Å²) in [5.74, 6) is -0.312. The molecule has 0 aromatic carbocycles. The van der Waals surface area contributed by atoms with E-state index in [9.17, 15) is 4.79 Å². The van der Waals surface area contributed by atoms with E-state index in [-0.39, 0.29) is 5.97 Å². The lowest BCUT2D eigenvalue weighted by Crippen LogP contribution is -2.57. The molecule has 0 saturated heterocycles. The van der Waals surface area contributed by atoms with Crippen molar-refractivity contribution in [2.24, 2.45) is 0 Å². The molecule has 0 spiro atoms. The largest absolute Gasteiger partial charge is 0.466 e. The molecule has 118 valence electrons. The zero-order valence-electron chi connectivity index (χ0n) is 14.4. The number of ether oxygens (including phenoxy) is 1. The normalized spacial score (nSPS) is 12.9. The van der Waals surface area contributed by atoms with E-state index in [0.29, 0.717) is 16.6 Å². The predicted octanol–water partition coefficient (Wildman–Crippen LogP) is 4.09. The summed E-state index contributed by atoms with van der Waals surface area (Å²) in [6.07, 6.45) is 5.38. The maximum Gasteiger partial charge on any atom is 0.330 e. The number of methoxy groups -OCH3 is 1. The lowest BCUT2D eigenvalue weighted by Gasteiger charge is -2.43. The van der Waals surface area contributed by atoms with Crippen molar-refractivity contribution in [3.8, 4) is 0 Å². The van der Waals surface area contributed by atoms with Crippen molar-refractivity contribution in [3.63, 3.8) is 0 Å². The summed E-state index contributed by atoms with van der Waals surface area (Å²) >= 11 is 0. The number of hydrogen-bond donors (Lipinski definition) is 1. The van der Waals surface area contributed by atoms with Gasteiger partial charge in [0, 0.05) is 17.6 Å². The maximum atomic E-state index is 11.4. The number of carbonyl (C=O) groups excluding carboxylic acids is 1. The smallest absolute Gasteiger partial charge is 0.330 e. The Hall–Kier alpha value is -1.29. The molecule has 0 saturated carbocycles. The fourth-order valence-electron chi connectivity index (χ4n) is 3.99. The molecule has 1 aromatic rings. The number of carbonyl (C=O) groups is 1. The minimum absolute atomic E-state index is 0.312. The van der Waals surface area contributed by atoms with Crippen LogP contribution < -0.4 is 5.32 Å². The minimum Gasteiger partial charge on any atom is -0.466 e. The van der Waals surface area contributed by atoms with E-state index in [4.69, 9.17) is 4.74 Å². The molecule has 0 bridgehead atoms. The Bertz CT molecular complexity index is 479. The van der Waals surface area contributed by atoms with Gasteiger partial charge in [0.15, 0.2) is 0 Å². The van der Waals surface area contributed by atoms with Gasteiger partial charge in [-0.1, -0.05) is 41.5 Å². The highest BCUT2D eigenvalue weighted by molar-refractivity contribution is 6.94. The van der Waals surface area contributed by atoms with E-state index in [1.54, 1.807) is 0 Å². The molecule has 0 atom stereocenters. The Morgan fingerprint density at radius 3 is 2.10 bits per heavy atom. The highest BCUT2D eigenvalue weighted by Gasteiger charge is 2.46. The van der Waals surface area contributed by atoms with Gasteiger partial charge in [-0.25, -0.2) is 4.79 Å². The number of esters is 1. The molecule has 1 rings (SSSR count). The van der Waals surface area contributed by atoms with Gasteiger partial charge in [-0.15, -0.1) is 0 Å². The number of aromatic nitrogens is 1. The molecule has 0 aliphatic rings. The van der Waals surface area contributed by atoms with Crippen molar-refractivity contribution in [1.29, 1.82) is 0 Å². The quantitative estimate of drug-likeness (QED) is 0.489. The van der Waals surface area contributed by atoms with Gasteiger partial charge in [0.2, 0.25) is 0 Å². The van der Waals surface area contributed by atoms with E-state index in [2.05, 4.69) is 52.6 Å².